The van der Waals surface area contributed by atoms with Crippen LogP contribution in [0.25, 0.3) is 0 Å². The van der Waals surface area contributed by atoms with E-state index in [2.05, 4.69) is 41.5 Å². The van der Waals surface area contributed by atoms with Crippen molar-refractivity contribution in [3.05, 3.63) is 0 Å². The largest absolute Gasteiger partial charge is 0.472 e. The molecule has 0 bridgehead atoms. The maximum absolute atomic E-state index is 13.1. The van der Waals surface area contributed by atoms with Crippen LogP contribution in [0.3, 0.4) is 0 Å². The number of aliphatic hydroxyl groups excluding tert-OH is 1. The first-order valence-electron chi connectivity index (χ1n) is 39.5. The lowest BCUT2D eigenvalue weighted by molar-refractivity contribution is -0.161. The van der Waals surface area contributed by atoms with E-state index in [0.717, 1.165) is 102 Å². The zero-order chi connectivity index (χ0) is 70.0. The molecule has 0 aromatic rings. The monoisotopic (exact) mass is 1400 g/mol. The zero-order valence-corrected chi connectivity index (χ0v) is 63.8. The van der Waals surface area contributed by atoms with Crippen LogP contribution in [0.1, 0.15) is 395 Å². The summed E-state index contributed by atoms with van der Waals surface area (Å²) in [4.78, 5) is 72.8. The smallest absolute Gasteiger partial charge is 0.462 e. The molecule has 17 nitrogen and oxygen atoms in total. The molecule has 0 spiro atoms. The molecule has 0 fully saturated rings. The summed E-state index contributed by atoms with van der Waals surface area (Å²) < 4.78 is 68.5. The van der Waals surface area contributed by atoms with Crippen LogP contribution in [0.15, 0.2) is 0 Å². The lowest BCUT2D eigenvalue weighted by atomic mass is 10.0. The van der Waals surface area contributed by atoms with Gasteiger partial charge in [-0.1, -0.05) is 343 Å². The summed E-state index contributed by atoms with van der Waals surface area (Å²) in [5.74, 6) is -0.649. The molecule has 0 radical (unpaired) electrons. The van der Waals surface area contributed by atoms with Crippen LogP contribution >= 0.6 is 15.6 Å². The molecule has 0 aromatic carbocycles. The Morgan fingerprint density at radius 1 is 0.284 bits per heavy atom. The molecule has 95 heavy (non-hydrogen) atoms. The number of carbonyl (C=O) groups excluding carboxylic acids is 4. The van der Waals surface area contributed by atoms with E-state index in [-0.39, 0.29) is 25.7 Å². The SMILES string of the molecule is CCCCCCCCCCCCCCCCCC(=O)OC[C@H](COP(=O)(O)OC[C@@H](O)COP(=O)(O)OC[C@@H](COC(=O)CCCCCCCCC(C)C)OC(=O)CCCCCCCCCCCCCCCCC)OC(=O)CCCCCCCCCCCCCCCC(C)C. The van der Waals surface area contributed by atoms with E-state index in [9.17, 15) is 43.2 Å². The quantitative estimate of drug-likeness (QED) is 0.0222. The second-order valence-electron chi connectivity index (χ2n) is 28.3. The third-order valence-electron chi connectivity index (χ3n) is 17.7. The number of hydrogen-bond donors (Lipinski definition) is 3. The number of unbranched alkanes of at least 4 members (excludes halogenated alkanes) is 45. The van der Waals surface area contributed by atoms with Gasteiger partial charge in [0.25, 0.3) is 0 Å². The molecule has 564 valence electrons. The number of esters is 4. The minimum absolute atomic E-state index is 0.107. The molecule has 2 unspecified atom stereocenters. The average Bonchev–Trinajstić information content (AvgIpc) is 1.88. The molecule has 5 atom stereocenters. The van der Waals surface area contributed by atoms with E-state index >= 15 is 0 Å². The van der Waals surface area contributed by atoms with Crippen molar-refractivity contribution < 1.29 is 80.2 Å². The molecule has 0 aliphatic heterocycles. The topological polar surface area (TPSA) is 237 Å². The Balaban J connectivity index is 5.24. The van der Waals surface area contributed by atoms with Gasteiger partial charge in [-0.3, -0.25) is 37.3 Å². The van der Waals surface area contributed by atoms with Gasteiger partial charge in [0.1, 0.15) is 19.3 Å². The van der Waals surface area contributed by atoms with Crippen LogP contribution in [0.5, 0.6) is 0 Å². The van der Waals surface area contributed by atoms with Crippen LogP contribution in [-0.2, 0) is 65.4 Å². The Hall–Kier alpha value is -1.94. The Bertz CT molecular complexity index is 1840. The van der Waals surface area contributed by atoms with Gasteiger partial charge < -0.3 is 33.8 Å². The van der Waals surface area contributed by atoms with Gasteiger partial charge in [-0.2, -0.15) is 0 Å². The van der Waals surface area contributed by atoms with Crippen LogP contribution in [-0.4, -0.2) is 96.7 Å². The van der Waals surface area contributed by atoms with Gasteiger partial charge in [0.15, 0.2) is 12.2 Å². The van der Waals surface area contributed by atoms with Crippen molar-refractivity contribution in [1.82, 2.24) is 0 Å². The highest BCUT2D eigenvalue weighted by Gasteiger charge is 2.30. The van der Waals surface area contributed by atoms with Crippen LogP contribution in [0.4, 0.5) is 0 Å². The lowest BCUT2D eigenvalue weighted by Gasteiger charge is -2.21. The van der Waals surface area contributed by atoms with E-state index in [1.807, 2.05) is 0 Å². The highest BCUT2D eigenvalue weighted by Crippen LogP contribution is 2.45. The Morgan fingerprint density at radius 2 is 0.484 bits per heavy atom. The predicted molar refractivity (Wildman–Crippen MR) is 386 cm³/mol. The number of rotatable bonds is 75. The Kier molecular flexibility index (Phi) is 66.5. The summed E-state index contributed by atoms with van der Waals surface area (Å²) in [6.07, 6.45) is 55.5. The standard InChI is InChI=1S/C76H148O17P2/c1-7-9-11-13-15-17-19-21-23-27-31-35-39-46-52-58-73(78)86-64-71(92-75(80)61-55-49-41-37-33-29-25-26-30-34-38-44-50-56-68(3)4)66-90-94(82,83)88-62-70(77)63-89-95(84,85)91-67-72(65-87-74(79)59-53-47-43-42-45-51-57-69(5)6)93-76(81)60-54-48-40-36-32-28-24-22-20-18-16-14-12-10-8-2/h68-72,77H,7-67H2,1-6H3,(H,82,83)(H,84,85)/t70-,71-,72-/m1/s1. The first-order valence-corrected chi connectivity index (χ1v) is 42.5. The van der Waals surface area contributed by atoms with Gasteiger partial charge in [0.2, 0.25) is 0 Å². The van der Waals surface area contributed by atoms with Crippen LogP contribution < -0.4 is 0 Å². The average molecular weight is 1400 g/mol. The van der Waals surface area contributed by atoms with E-state index in [1.165, 1.54) is 205 Å². The molecule has 19 heteroatoms. The Labute approximate surface area is 581 Å². The first-order chi connectivity index (χ1) is 45.9. The van der Waals surface area contributed by atoms with E-state index < -0.39 is 97.5 Å². The molecule has 0 aliphatic carbocycles. The molecule has 3 N–H and O–H groups in total. The number of phosphoric acid groups is 2. The van der Waals surface area contributed by atoms with Crippen molar-refractivity contribution in [2.75, 3.05) is 39.6 Å². The van der Waals surface area contributed by atoms with Crippen LogP contribution in [0.2, 0.25) is 0 Å². The van der Waals surface area contributed by atoms with Gasteiger partial charge in [-0.15, -0.1) is 0 Å². The second-order valence-corrected chi connectivity index (χ2v) is 31.3. The van der Waals surface area contributed by atoms with Crippen molar-refractivity contribution in [3.8, 4) is 0 Å². The van der Waals surface area contributed by atoms with Gasteiger partial charge in [0.05, 0.1) is 26.4 Å². The molecule has 0 saturated carbocycles. The van der Waals surface area contributed by atoms with Gasteiger partial charge >= 0.3 is 39.5 Å². The fourth-order valence-electron chi connectivity index (χ4n) is 11.7. The van der Waals surface area contributed by atoms with Crippen molar-refractivity contribution in [1.29, 1.82) is 0 Å². The number of carbonyl (C=O) groups is 4. The minimum Gasteiger partial charge on any atom is -0.462 e. The number of hydrogen-bond acceptors (Lipinski definition) is 15. The van der Waals surface area contributed by atoms with E-state index in [4.69, 9.17) is 37.0 Å². The van der Waals surface area contributed by atoms with Crippen molar-refractivity contribution in [3.63, 3.8) is 0 Å². The maximum Gasteiger partial charge on any atom is 0.472 e. The summed E-state index contributed by atoms with van der Waals surface area (Å²) in [5, 5.41) is 10.6. The molecular formula is C76H148O17P2. The summed E-state index contributed by atoms with van der Waals surface area (Å²) >= 11 is 0. The lowest BCUT2D eigenvalue weighted by Crippen LogP contribution is -2.30. The maximum atomic E-state index is 13.1. The predicted octanol–water partition coefficient (Wildman–Crippen LogP) is 22.3. The third kappa shape index (κ3) is 70.3. The number of ether oxygens (including phenoxy) is 4. The second kappa shape index (κ2) is 67.9. The summed E-state index contributed by atoms with van der Waals surface area (Å²) in [6.45, 7) is 9.54. The highest BCUT2D eigenvalue weighted by atomic mass is 31.2. The molecule has 0 aromatic heterocycles. The van der Waals surface area contributed by atoms with E-state index in [1.54, 1.807) is 0 Å². The molecular weight excluding hydrogens is 1250 g/mol. The number of aliphatic hydroxyl groups is 1. The zero-order valence-electron chi connectivity index (χ0n) is 62.0. The highest BCUT2D eigenvalue weighted by molar-refractivity contribution is 7.47. The normalized spacial score (nSPS) is 14.0. The molecule has 0 heterocycles. The summed E-state index contributed by atoms with van der Waals surface area (Å²) in [6, 6.07) is 0. The minimum atomic E-state index is -4.96. The third-order valence-corrected chi connectivity index (χ3v) is 19.6. The van der Waals surface area contributed by atoms with Gasteiger partial charge in [-0.25, -0.2) is 9.13 Å². The fourth-order valence-corrected chi connectivity index (χ4v) is 13.2. The summed E-state index contributed by atoms with van der Waals surface area (Å²) in [5.41, 5.74) is 0. The Morgan fingerprint density at radius 3 is 0.716 bits per heavy atom. The fraction of sp³-hybridized carbons (Fsp3) is 0.947. The summed E-state index contributed by atoms with van der Waals surface area (Å²) in [7, 11) is -9.91. The molecule has 0 saturated heterocycles. The van der Waals surface area contributed by atoms with Crippen molar-refractivity contribution >= 4 is 39.5 Å². The van der Waals surface area contributed by atoms with Crippen molar-refractivity contribution in [2.45, 2.75) is 413 Å². The number of phosphoric ester groups is 2. The molecule has 0 aliphatic rings. The first kappa shape index (κ1) is 93.1. The van der Waals surface area contributed by atoms with Gasteiger partial charge in [0, 0.05) is 25.7 Å². The van der Waals surface area contributed by atoms with Crippen LogP contribution in [0, 0.1) is 11.8 Å². The molecule has 0 amide bonds. The van der Waals surface area contributed by atoms with Crippen molar-refractivity contribution in [2.24, 2.45) is 11.8 Å². The van der Waals surface area contributed by atoms with Gasteiger partial charge in [-0.05, 0) is 37.5 Å². The van der Waals surface area contributed by atoms with E-state index in [0.29, 0.717) is 31.6 Å². The molecule has 0 rings (SSSR count).